The fraction of sp³-hybridized carbons (Fsp3) is 0.500. The quantitative estimate of drug-likeness (QED) is 0.771. The first-order valence-electron chi connectivity index (χ1n) is 10.6. The van der Waals surface area contributed by atoms with Gasteiger partial charge in [0.1, 0.15) is 5.75 Å². The summed E-state index contributed by atoms with van der Waals surface area (Å²) in [6, 6.07) is 7.89. The molecule has 2 aromatic rings. The molecule has 1 aromatic carbocycles. The Hall–Kier alpha value is -2.36. The predicted octanol–water partition coefficient (Wildman–Crippen LogP) is 4.73. The molecule has 1 heterocycles. The van der Waals surface area contributed by atoms with Crippen LogP contribution in [0, 0.1) is 17.3 Å². The maximum atomic E-state index is 13.4. The number of hydrogen-bond acceptors (Lipinski definition) is 3. The van der Waals surface area contributed by atoms with Crippen LogP contribution in [0.4, 0.5) is 0 Å². The van der Waals surface area contributed by atoms with Gasteiger partial charge in [-0.3, -0.25) is 9.48 Å². The fourth-order valence-electron chi connectivity index (χ4n) is 6.28. The minimum absolute atomic E-state index is 0.224. The highest BCUT2D eigenvalue weighted by Gasteiger charge is 2.56. The van der Waals surface area contributed by atoms with Gasteiger partial charge in [0.2, 0.25) is 0 Å². The molecule has 0 unspecified atom stereocenters. The van der Waals surface area contributed by atoms with Crippen molar-refractivity contribution in [3.8, 4) is 5.75 Å². The molecule has 0 spiro atoms. The Balaban J connectivity index is 1.49. The van der Waals surface area contributed by atoms with E-state index >= 15 is 0 Å². The van der Waals surface area contributed by atoms with E-state index in [0.29, 0.717) is 29.3 Å². The van der Waals surface area contributed by atoms with Crippen LogP contribution >= 0.6 is 0 Å². The predicted molar refractivity (Wildman–Crippen MR) is 109 cm³/mol. The van der Waals surface area contributed by atoms with Gasteiger partial charge in [0.15, 0.2) is 5.78 Å². The van der Waals surface area contributed by atoms with Crippen LogP contribution < -0.4 is 0 Å². The fourth-order valence-corrected chi connectivity index (χ4v) is 6.28. The average Bonchev–Trinajstić information content (AvgIpc) is 3.24. The highest BCUT2D eigenvalue weighted by atomic mass is 16.3. The zero-order valence-corrected chi connectivity index (χ0v) is 16.7. The molecule has 0 saturated heterocycles. The van der Waals surface area contributed by atoms with Crippen molar-refractivity contribution in [2.75, 3.05) is 0 Å². The van der Waals surface area contributed by atoms with Gasteiger partial charge >= 0.3 is 0 Å². The van der Waals surface area contributed by atoms with E-state index in [4.69, 9.17) is 0 Å². The van der Waals surface area contributed by atoms with Gasteiger partial charge in [0.05, 0.1) is 5.69 Å². The standard InChI is InChI=1S/C24H28N2O2/c1-3-26-17(9-11-25-26)12-16-14-22-21-6-4-15-13-18(27)5-7-19(15)20(21)8-10-24(22,2)23(16)28/h5,7,9,11-13,20-22,27H,3-4,6,8,10,14H2,1-2H3/b16-12+/t20-,21-,22+,24-/m0/s1. The van der Waals surface area contributed by atoms with Gasteiger partial charge in [-0.15, -0.1) is 0 Å². The zero-order valence-electron chi connectivity index (χ0n) is 16.7. The first-order valence-corrected chi connectivity index (χ1v) is 10.6. The maximum absolute atomic E-state index is 13.4. The highest BCUT2D eigenvalue weighted by Crippen LogP contribution is 2.60. The molecule has 5 rings (SSSR count). The molecule has 2 fully saturated rings. The average molecular weight is 377 g/mol. The Morgan fingerprint density at radius 1 is 1.32 bits per heavy atom. The molecule has 4 heteroatoms. The number of hydrogen-bond donors (Lipinski definition) is 1. The van der Waals surface area contributed by atoms with Crippen LogP contribution in [-0.2, 0) is 17.8 Å². The van der Waals surface area contributed by atoms with Gasteiger partial charge in [-0.2, -0.15) is 5.10 Å². The molecule has 146 valence electrons. The summed E-state index contributed by atoms with van der Waals surface area (Å²) in [7, 11) is 0. The minimum Gasteiger partial charge on any atom is -0.508 e. The van der Waals surface area contributed by atoms with Crippen LogP contribution in [0.2, 0.25) is 0 Å². The molecule has 2 saturated carbocycles. The van der Waals surface area contributed by atoms with Crippen molar-refractivity contribution in [3.63, 3.8) is 0 Å². The Kier molecular flexibility index (Phi) is 4.01. The third kappa shape index (κ3) is 2.50. The lowest BCUT2D eigenvalue weighted by Crippen LogP contribution is -2.42. The summed E-state index contributed by atoms with van der Waals surface area (Å²) in [4.78, 5) is 13.4. The number of aromatic hydroxyl groups is 1. The highest BCUT2D eigenvalue weighted by molar-refractivity contribution is 6.05. The number of phenols is 1. The number of rotatable bonds is 2. The van der Waals surface area contributed by atoms with E-state index in [-0.39, 0.29) is 5.41 Å². The monoisotopic (exact) mass is 376 g/mol. The first-order chi connectivity index (χ1) is 13.5. The van der Waals surface area contributed by atoms with Crippen molar-refractivity contribution in [1.29, 1.82) is 0 Å². The molecule has 3 aliphatic carbocycles. The molecule has 4 nitrogen and oxygen atoms in total. The van der Waals surface area contributed by atoms with E-state index in [1.807, 2.05) is 29.1 Å². The Bertz CT molecular complexity index is 973. The van der Waals surface area contributed by atoms with Crippen LogP contribution in [0.15, 0.2) is 36.0 Å². The molecule has 0 amide bonds. The molecule has 0 radical (unpaired) electrons. The molecule has 0 aliphatic heterocycles. The second-order valence-electron chi connectivity index (χ2n) is 9.03. The largest absolute Gasteiger partial charge is 0.508 e. The summed E-state index contributed by atoms with van der Waals surface area (Å²) in [6.07, 6.45) is 8.95. The Morgan fingerprint density at radius 3 is 3.00 bits per heavy atom. The Labute approximate surface area is 166 Å². The lowest BCUT2D eigenvalue weighted by atomic mass is 9.55. The molecular formula is C24H28N2O2. The van der Waals surface area contributed by atoms with Crippen molar-refractivity contribution < 1.29 is 9.90 Å². The smallest absolute Gasteiger partial charge is 0.165 e. The number of aryl methyl sites for hydroxylation is 2. The molecule has 1 N–H and O–H groups in total. The lowest BCUT2D eigenvalue weighted by Gasteiger charge is -2.48. The number of nitrogens with zero attached hydrogens (tertiary/aromatic N) is 2. The van der Waals surface area contributed by atoms with Crippen LogP contribution in [0.1, 0.15) is 62.3 Å². The summed E-state index contributed by atoms with van der Waals surface area (Å²) in [6.45, 7) is 5.10. The van der Waals surface area contributed by atoms with Gasteiger partial charge in [-0.1, -0.05) is 13.0 Å². The molecule has 3 aliphatic rings. The number of aromatic nitrogens is 2. The molecule has 0 bridgehead atoms. The maximum Gasteiger partial charge on any atom is 0.165 e. The second kappa shape index (κ2) is 6.33. The van der Waals surface area contributed by atoms with Crippen LogP contribution in [0.5, 0.6) is 5.75 Å². The number of fused-ring (bicyclic) bond motifs is 5. The summed E-state index contributed by atoms with van der Waals surface area (Å²) in [5.74, 6) is 2.23. The topological polar surface area (TPSA) is 55.1 Å². The normalized spacial score (nSPS) is 32.9. The van der Waals surface area contributed by atoms with Gasteiger partial charge in [0, 0.05) is 18.2 Å². The van der Waals surface area contributed by atoms with Crippen LogP contribution in [0.25, 0.3) is 6.08 Å². The summed E-state index contributed by atoms with van der Waals surface area (Å²) < 4.78 is 1.96. The molecule has 4 atom stereocenters. The third-order valence-corrected chi connectivity index (χ3v) is 7.72. The number of allylic oxidation sites excluding steroid dienone is 1. The number of benzene rings is 1. The van der Waals surface area contributed by atoms with Crippen molar-refractivity contribution >= 4 is 11.9 Å². The van der Waals surface area contributed by atoms with Crippen molar-refractivity contribution in [3.05, 3.63) is 52.9 Å². The van der Waals surface area contributed by atoms with E-state index in [2.05, 4.69) is 31.1 Å². The summed E-state index contributed by atoms with van der Waals surface area (Å²) in [5, 5.41) is 14.2. The SMILES string of the molecule is CCn1nccc1/C=C1\C[C@@H]2[C@H]3CCc4cc(O)ccc4[C@@H]3CC[C@]2(C)C1=O. The van der Waals surface area contributed by atoms with E-state index < -0.39 is 0 Å². The van der Waals surface area contributed by atoms with Crippen molar-refractivity contribution in [1.82, 2.24) is 9.78 Å². The van der Waals surface area contributed by atoms with E-state index in [0.717, 1.165) is 49.9 Å². The van der Waals surface area contributed by atoms with Crippen LogP contribution in [0.3, 0.4) is 0 Å². The van der Waals surface area contributed by atoms with Crippen molar-refractivity contribution in [2.45, 2.75) is 58.4 Å². The van der Waals surface area contributed by atoms with Gasteiger partial charge < -0.3 is 5.11 Å². The number of phenolic OH excluding ortho intramolecular Hbond substituents is 1. The molecule has 28 heavy (non-hydrogen) atoms. The van der Waals surface area contributed by atoms with Crippen LogP contribution in [-0.4, -0.2) is 20.7 Å². The van der Waals surface area contributed by atoms with E-state index in [1.54, 1.807) is 0 Å². The summed E-state index contributed by atoms with van der Waals surface area (Å²) in [5.41, 5.74) is 4.51. The number of ketones is 1. The van der Waals surface area contributed by atoms with Crippen molar-refractivity contribution in [2.24, 2.45) is 17.3 Å². The number of carbonyl (C=O) groups is 1. The summed E-state index contributed by atoms with van der Waals surface area (Å²) >= 11 is 0. The van der Waals surface area contributed by atoms with E-state index in [1.165, 1.54) is 11.1 Å². The Morgan fingerprint density at radius 2 is 2.18 bits per heavy atom. The molecule has 1 aromatic heterocycles. The second-order valence-corrected chi connectivity index (χ2v) is 9.03. The molecular weight excluding hydrogens is 348 g/mol. The van der Waals surface area contributed by atoms with Gasteiger partial charge in [-0.05, 0) is 97.8 Å². The van der Waals surface area contributed by atoms with E-state index in [9.17, 15) is 9.90 Å². The zero-order chi connectivity index (χ0) is 19.5. The van der Waals surface area contributed by atoms with Gasteiger partial charge in [0.25, 0.3) is 0 Å². The first kappa shape index (κ1) is 17.7. The minimum atomic E-state index is -0.224. The third-order valence-electron chi connectivity index (χ3n) is 7.72. The van der Waals surface area contributed by atoms with Gasteiger partial charge in [-0.25, -0.2) is 0 Å². The lowest BCUT2D eigenvalue weighted by molar-refractivity contribution is -0.127. The number of carbonyl (C=O) groups excluding carboxylic acids is 1. The number of Topliss-reactive ketones (excluding diaryl/α,β-unsaturated/α-hetero) is 1.